The lowest BCUT2D eigenvalue weighted by atomic mass is 10.1. The summed E-state index contributed by atoms with van der Waals surface area (Å²) in [4.78, 5) is 11.0. The van der Waals surface area contributed by atoms with E-state index in [9.17, 15) is 13.6 Å². The first-order valence-electron chi connectivity index (χ1n) is 6.28. The summed E-state index contributed by atoms with van der Waals surface area (Å²) in [6.45, 7) is 0.371. The molecule has 4 nitrogen and oxygen atoms in total. The molecule has 110 valence electrons. The summed E-state index contributed by atoms with van der Waals surface area (Å²) in [6.07, 6.45) is 0.380. The average molecular weight is 292 g/mol. The molecule has 0 aliphatic carbocycles. The predicted molar refractivity (Wildman–Crippen MR) is 76.4 cm³/mol. The van der Waals surface area contributed by atoms with Gasteiger partial charge in [-0.1, -0.05) is 6.07 Å². The molecule has 4 N–H and O–H groups in total. The van der Waals surface area contributed by atoms with Crippen molar-refractivity contribution in [1.82, 2.24) is 0 Å². The van der Waals surface area contributed by atoms with Gasteiger partial charge in [-0.25, -0.2) is 13.6 Å². The van der Waals surface area contributed by atoms with Crippen LogP contribution < -0.4 is 11.1 Å². The minimum atomic E-state index is -1.11. The summed E-state index contributed by atoms with van der Waals surface area (Å²) in [5.41, 5.74) is 6.88. The Kier molecular flexibility index (Phi) is 4.37. The molecule has 0 heterocycles. The molecule has 0 saturated heterocycles. The van der Waals surface area contributed by atoms with Crippen LogP contribution in [-0.4, -0.2) is 17.6 Å². The van der Waals surface area contributed by atoms with Gasteiger partial charge in [-0.2, -0.15) is 0 Å². The minimum Gasteiger partial charge on any atom is -0.478 e. The van der Waals surface area contributed by atoms with E-state index in [0.717, 1.165) is 6.07 Å². The Morgan fingerprint density at radius 3 is 2.48 bits per heavy atom. The van der Waals surface area contributed by atoms with Crippen LogP contribution in [0.3, 0.4) is 0 Å². The number of nitrogens with two attached hydrogens (primary N) is 1. The fraction of sp³-hybridized carbons (Fsp3) is 0.133. The zero-order valence-corrected chi connectivity index (χ0v) is 11.1. The fourth-order valence-electron chi connectivity index (χ4n) is 2.00. The maximum absolute atomic E-state index is 13.0. The van der Waals surface area contributed by atoms with Crippen LogP contribution >= 0.6 is 0 Å². The molecular weight excluding hydrogens is 278 g/mol. The molecule has 0 spiro atoms. The van der Waals surface area contributed by atoms with Gasteiger partial charge in [0.2, 0.25) is 0 Å². The van der Waals surface area contributed by atoms with Gasteiger partial charge in [-0.05, 0) is 36.2 Å². The molecule has 0 atom stereocenters. The fourth-order valence-corrected chi connectivity index (χ4v) is 2.00. The lowest BCUT2D eigenvalue weighted by Crippen LogP contribution is -2.10. The minimum absolute atomic E-state index is 0.0109. The van der Waals surface area contributed by atoms with Crippen LogP contribution in [0.5, 0.6) is 0 Å². The topological polar surface area (TPSA) is 75.3 Å². The molecule has 0 aromatic heterocycles. The summed E-state index contributed by atoms with van der Waals surface area (Å²) in [5, 5.41) is 11.9. The van der Waals surface area contributed by atoms with Crippen LogP contribution in [0.2, 0.25) is 0 Å². The molecule has 0 fully saturated rings. The number of nitrogens with one attached hydrogen (secondary N) is 1. The van der Waals surface area contributed by atoms with E-state index in [2.05, 4.69) is 5.32 Å². The zero-order valence-electron chi connectivity index (χ0n) is 11.1. The number of carbonyl (C=O) groups is 1. The molecular formula is C15H14F2N2O2. The van der Waals surface area contributed by atoms with Crippen molar-refractivity contribution in [2.24, 2.45) is 0 Å². The number of carboxylic acid groups (broad SMARTS) is 1. The lowest BCUT2D eigenvalue weighted by molar-refractivity contribution is 0.0698. The van der Waals surface area contributed by atoms with E-state index in [1.165, 1.54) is 18.2 Å². The maximum Gasteiger partial charge on any atom is 0.337 e. The Bertz CT molecular complexity index is 654. The number of hydrogen-bond acceptors (Lipinski definition) is 3. The van der Waals surface area contributed by atoms with Crippen LogP contribution in [0.15, 0.2) is 36.4 Å². The molecule has 6 heteroatoms. The maximum atomic E-state index is 13.0. The zero-order chi connectivity index (χ0) is 15.4. The Labute approximate surface area is 120 Å². The van der Waals surface area contributed by atoms with Crippen molar-refractivity contribution in [2.45, 2.75) is 6.42 Å². The van der Waals surface area contributed by atoms with E-state index in [0.29, 0.717) is 24.2 Å². The van der Waals surface area contributed by atoms with Gasteiger partial charge in [0.25, 0.3) is 0 Å². The first-order valence-corrected chi connectivity index (χ1v) is 6.28. The quantitative estimate of drug-likeness (QED) is 0.741. The lowest BCUT2D eigenvalue weighted by Gasteiger charge is -2.11. The molecule has 2 rings (SSSR count). The highest BCUT2D eigenvalue weighted by atomic mass is 19.1. The third-order valence-corrected chi connectivity index (χ3v) is 2.99. The summed E-state index contributed by atoms with van der Waals surface area (Å²) in [5.74, 6) is -2.36. The van der Waals surface area contributed by atoms with Crippen molar-refractivity contribution in [3.05, 3.63) is 59.2 Å². The number of aromatic carboxylic acids is 1. The second-order valence-electron chi connectivity index (χ2n) is 4.53. The van der Waals surface area contributed by atoms with E-state index in [1.807, 2.05) is 0 Å². The Morgan fingerprint density at radius 1 is 1.19 bits per heavy atom. The first kappa shape index (κ1) is 14.8. The van der Waals surface area contributed by atoms with Crippen molar-refractivity contribution in [3.63, 3.8) is 0 Å². The summed E-state index contributed by atoms with van der Waals surface area (Å²) < 4.78 is 26.1. The largest absolute Gasteiger partial charge is 0.478 e. The molecule has 0 unspecified atom stereocenters. The molecule has 0 aliphatic rings. The third-order valence-electron chi connectivity index (χ3n) is 2.99. The molecule has 0 saturated carbocycles. The van der Waals surface area contributed by atoms with Crippen molar-refractivity contribution < 1.29 is 18.7 Å². The molecule has 0 bridgehead atoms. The van der Waals surface area contributed by atoms with Gasteiger partial charge in [0.1, 0.15) is 11.6 Å². The summed E-state index contributed by atoms with van der Waals surface area (Å²) in [7, 11) is 0. The number of rotatable bonds is 5. The highest BCUT2D eigenvalue weighted by Gasteiger charge is 2.10. The molecule has 0 amide bonds. The van der Waals surface area contributed by atoms with Gasteiger partial charge in [0, 0.05) is 12.6 Å². The van der Waals surface area contributed by atoms with Crippen molar-refractivity contribution in [1.29, 1.82) is 0 Å². The monoisotopic (exact) mass is 292 g/mol. The highest BCUT2D eigenvalue weighted by Crippen LogP contribution is 2.22. The van der Waals surface area contributed by atoms with Gasteiger partial charge in [-0.15, -0.1) is 0 Å². The summed E-state index contributed by atoms with van der Waals surface area (Å²) in [6, 6.07) is 7.94. The van der Waals surface area contributed by atoms with Crippen molar-refractivity contribution in [2.75, 3.05) is 17.6 Å². The first-order chi connectivity index (χ1) is 9.97. The SMILES string of the molecule is Nc1c(NCCc2cc(F)cc(F)c2)cccc1C(=O)O. The highest BCUT2D eigenvalue weighted by molar-refractivity contribution is 5.97. The van der Waals surface area contributed by atoms with Gasteiger partial charge in [-0.3, -0.25) is 0 Å². The van der Waals surface area contributed by atoms with Crippen molar-refractivity contribution in [3.8, 4) is 0 Å². The predicted octanol–water partition coefficient (Wildman–Crippen LogP) is 2.90. The second-order valence-corrected chi connectivity index (χ2v) is 4.53. The standard InChI is InChI=1S/C15H14F2N2O2/c16-10-6-9(7-11(17)8-10)4-5-19-13-3-1-2-12(14(13)18)15(20)21/h1-3,6-8,19H,4-5,18H2,(H,20,21). The molecule has 2 aromatic rings. The van der Waals surface area contributed by atoms with Gasteiger partial charge < -0.3 is 16.2 Å². The molecule has 0 aliphatic heterocycles. The number of anilines is 2. The van der Waals surface area contributed by atoms with Crippen LogP contribution in [0.1, 0.15) is 15.9 Å². The number of para-hydroxylation sites is 1. The van der Waals surface area contributed by atoms with Crippen LogP contribution in [0.4, 0.5) is 20.2 Å². The van der Waals surface area contributed by atoms with Gasteiger partial charge in [0.15, 0.2) is 0 Å². The van der Waals surface area contributed by atoms with E-state index in [4.69, 9.17) is 10.8 Å². The van der Waals surface area contributed by atoms with E-state index >= 15 is 0 Å². The average Bonchev–Trinajstić information content (AvgIpc) is 2.39. The Morgan fingerprint density at radius 2 is 1.86 bits per heavy atom. The normalized spacial score (nSPS) is 10.4. The van der Waals surface area contributed by atoms with Gasteiger partial charge in [0.05, 0.1) is 16.9 Å². The molecule has 0 radical (unpaired) electrons. The Balaban J connectivity index is 2.04. The molecule has 21 heavy (non-hydrogen) atoms. The van der Waals surface area contributed by atoms with Gasteiger partial charge >= 0.3 is 5.97 Å². The van der Waals surface area contributed by atoms with E-state index in [-0.39, 0.29) is 11.3 Å². The Hall–Kier alpha value is -2.63. The second kappa shape index (κ2) is 6.21. The van der Waals surface area contributed by atoms with E-state index < -0.39 is 17.6 Å². The summed E-state index contributed by atoms with van der Waals surface area (Å²) >= 11 is 0. The number of hydrogen-bond donors (Lipinski definition) is 3. The molecule has 2 aromatic carbocycles. The number of halogens is 2. The number of benzene rings is 2. The van der Waals surface area contributed by atoms with Crippen LogP contribution in [0, 0.1) is 11.6 Å². The van der Waals surface area contributed by atoms with E-state index in [1.54, 1.807) is 12.1 Å². The number of carboxylic acids is 1. The van der Waals surface area contributed by atoms with Crippen molar-refractivity contribution >= 4 is 17.3 Å². The van der Waals surface area contributed by atoms with Crippen LogP contribution in [-0.2, 0) is 6.42 Å². The van der Waals surface area contributed by atoms with Crippen LogP contribution in [0.25, 0.3) is 0 Å². The number of nitrogen functional groups attached to an aromatic ring is 1. The third kappa shape index (κ3) is 3.68. The smallest absolute Gasteiger partial charge is 0.337 e.